The topological polar surface area (TPSA) is 48.6 Å². The number of nitrogens with one attached hydrogen (secondary N) is 1. The first kappa shape index (κ1) is 22.6. The summed E-state index contributed by atoms with van der Waals surface area (Å²) in [5, 5.41) is 4.58. The Morgan fingerprint density at radius 2 is 1.81 bits per heavy atom. The number of benzene rings is 2. The quantitative estimate of drug-likeness (QED) is 0.380. The number of aromatic amines is 1. The number of ether oxygens (including phenoxy) is 1. The lowest BCUT2D eigenvalue weighted by Crippen LogP contribution is -2.46. The van der Waals surface area contributed by atoms with Gasteiger partial charge < -0.3 is 14.6 Å². The van der Waals surface area contributed by atoms with Crippen molar-refractivity contribution < 1.29 is 4.74 Å². The zero-order valence-electron chi connectivity index (χ0n) is 18.0. The predicted molar refractivity (Wildman–Crippen MR) is 137 cm³/mol. The van der Waals surface area contributed by atoms with Crippen molar-refractivity contribution in [1.82, 2.24) is 9.88 Å². The van der Waals surface area contributed by atoms with Crippen LogP contribution in [0.1, 0.15) is 12.8 Å². The van der Waals surface area contributed by atoms with E-state index in [0.29, 0.717) is 6.61 Å². The molecule has 1 N–H and O–H groups in total. The molecule has 32 heavy (non-hydrogen) atoms. The summed E-state index contributed by atoms with van der Waals surface area (Å²) in [6.07, 6.45) is 2.16. The van der Waals surface area contributed by atoms with Crippen LogP contribution in [0, 0.1) is 0 Å². The van der Waals surface area contributed by atoms with E-state index < -0.39 is 0 Å². The number of hydrogen-bond donors (Lipinski definition) is 1. The van der Waals surface area contributed by atoms with Crippen LogP contribution in [0.3, 0.4) is 0 Å². The molecule has 3 heterocycles. The normalized spacial score (nSPS) is 14.6. The van der Waals surface area contributed by atoms with E-state index in [4.69, 9.17) is 4.74 Å². The van der Waals surface area contributed by atoms with Crippen molar-refractivity contribution in [3.8, 4) is 5.75 Å². The van der Waals surface area contributed by atoms with Gasteiger partial charge in [0.2, 0.25) is 5.56 Å². The maximum Gasteiger partial charge on any atom is 0.248 e. The molecule has 4 aromatic rings. The van der Waals surface area contributed by atoms with Crippen LogP contribution in [-0.4, -0.2) is 49.2 Å². The molecule has 1 aliphatic heterocycles. The Morgan fingerprint density at radius 1 is 0.969 bits per heavy atom. The van der Waals surface area contributed by atoms with E-state index >= 15 is 0 Å². The van der Waals surface area contributed by atoms with Gasteiger partial charge in [0.05, 0.1) is 12.1 Å². The number of piperazine rings is 1. The van der Waals surface area contributed by atoms with E-state index in [1.54, 1.807) is 6.07 Å². The average molecular weight is 470 g/mol. The number of fused-ring (bicyclic) bond motifs is 2. The van der Waals surface area contributed by atoms with Gasteiger partial charge in [-0.25, -0.2) is 0 Å². The summed E-state index contributed by atoms with van der Waals surface area (Å²) in [6.45, 7) is 6.20. The van der Waals surface area contributed by atoms with Gasteiger partial charge in [-0.3, -0.25) is 9.69 Å². The van der Waals surface area contributed by atoms with E-state index in [1.165, 1.54) is 15.8 Å². The highest BCUT2D eigenvalue weighted by Crippen LogP contribution is 2.31. The molecule has 0 aliphatic carbocycles. The number of thiophene rings is 1. The summed E-state index contributed by atoms with van der Waals surface area (Å²) >= 11 is 1.82. The largest absolute Gasteiger partial charge is 0.494 e. The van der Waals surface area contributed by atoms with Gasteiger partial charge in [0, 0.05) is 54.1 Å². The molecule has 0 spiro atoms. The third-order valence-electron chi connectivity index (χ3n) is 6.02. The standard InChI is InChI=1S/C25H27N3O2S.ClH/c29-25-9-7-19-6-8-20(18-22(19)26-25)30-16-2-1-11-27-12-14-28(15-13-27)23-4-3-5-24-21(23)10-17-31-24;/h3-10,17-18H,1-2,11-16H2,(H,26,29);1H. The van der Waals surface area contributed by atoms with Crippen molar-refractivity contribution >= 4 is 50.4 Å². The number of anilines is 1. The van der Waals surface area contributed by atoms with E-state index in [1.807, 2.05) is 35.6 Å². The van der Waals surface area contributed by atoms with Crippen molar-refractivity contribution in [2.24, 2.45) is 0 Å². The van der Waals surface area contributed by atoms with Gasteiger partial charge in [0.25, 0.3) is 0 Å². The molecular weight excluding hydrogens is 442 g/mol. The molecule has 0 saturated carbocycles. The van der Waals surface area contributed by atoms with Gasteiger partial charge in [-0.1, -0.05) is 6.07 Å². The van der Waals surface area contributed by atoms with Gasteiger partial charge in [-0.15, -0.1) is 23.7 Å². The second kappa shape index (κ2) is 10.4. The van der Waals surface area contributed by atoms with Crippen LogP contribution in [0.5, 0.6) is 5.75 Å². The molecule has 0 amide bonds. The Balaban J connectivity index is 0.00000245. The molecule has 0 bridgehead atoms. The Labute approximate surface area is 198 Å². The fourth-order valence-electron chi connectivity index (χ4n) is 4.31. The van der Waals surface area contributed by atoms with Gasteiger partial charge in [-0.2, -0.15) is 0 Å². The van der Waals surface area contributed by atoms with Crippen LogP contribution < -0.4 is 15.2 Å². The van der Waals surface area contributed by atoms with Crippen LogP contribution in [0.4, 0.5) is 5.69 Å². The van der Waals surface area contributed by atoms with Gasteiger partial charge in [-0.05, 0) is 66.6 Å². The van der Waals surface area contributed by atoms with E-state index in [2.05, 4.69) is 44.4 Å². The Kier molecular flexibility index (Phi) is 7.35. The van der Waals surface area contributed by atoms with Crippen molar-refractivity contribution in [1.29, 1.82) is 0 Å². The molecule has 2 aromatic carbocycles. The molecular formula is C25H28ClN3O2S. The van der Waals surface area contributed by atoms with Crippen molar-refractivity contribution in [2.45, 2.75) is 12.8 Å². The molecule has 2 aromatic heterocycles. The first-order valence-electron chi connectivity index (χ1n) is 11.0. The van der Waals surface area contributed by atoms with E-state index in [9.17, 15) is 4.79 Å². The van der Waals surface area contributed by atoms with Crippen LogP contribution in [0.2, 0.25) is 0 Å². The Morgan fingerprint density at radius 3 is 2.69 bits per heavy atom. The molecule has 7 heteroatoms. The highest BCUT2D eigenvalue weighted by molar-refractivity contribution is 7.17. The Hall–Kier alpha value is -2.54. The summed E-state index contributed by atoms with van der Waals surface area (Å²) in [6, 6.07) is 18.1. The minimum absolute atomic E-state index is 0. The van der Waals surface area contributed by atoms with Crippen molar-refractivity contribution in [3.63, 3.8) is 0 Å². The minimum atomic E-state index is -0.0863. The molecule has 168 valence electrons. The highest BCUT2D eigenvalue weighted by atomic mass is 35.5. The SMILES string of the molecule is Cl.O=c1ccc2ccc(OCCCCN3CCN(c4cccc5sccc45)CC3)cc2[nH]1. The average Bonchev–Trinajstić information content (AvgIpc) is 3.28. The summed E-state index contributed by atoms with van der Waals surface area (Å²) in [4.78, 5) is 19.4. The van der Waals surface area contributed by atoms with E-state index in [0.717, 1.165) is 62.2 Å². The summed E-state index contributed by atoms with van der Waals surface area (Å²) < 4.78 is 7.28. The lowest BCUT2D eigenvalue weighted by molar-refractivity contribution is 0.239. The maximum absolute atomic E-state index is 11.5. The van der Waals surface area contributed by atoms with Crippen LogP contribution in [0.15, 0.2) is 64.8 Å². The van der Waals surface area contributed by atoms with E-state index in [-0.39, 0.29) is 18.0 Å². The number of unbranched alkanes of at least 4 members (excludes halogenated alkanes) is 1. The lowest BCUT2D eigenvalue weighted by Gasteiger charge is -2.36. The number of pyridine rings is 1. The first-order chi connectivity index (χ1) is 15.3. The molecule has 5 rings (SSSR count). The molecule has 1 aliphatic rings. The van der Waals surface area contributed by atoms with Crippen LogP contribution in [0.25, 0.3) is 21.0 Å². The summed E-state index contributed by atoms with van der Waals surface area (Å²) in [7, 11) is 0. The molecule has 1 fully saturated rings. The highest BCUT2D eigenvalue weighted by Gasteiger charge is 2.18. The maximum atomic E-state index is 11.5. The van der Waals surface area contributed by atoms with Crippen LogP contribution >= 0.6 is 23.7 Å². The monoisotopic (exact) mass is 469 g/mol. The van der Waals surface area contributed by atoms with Crippen molar-refractivity contribution in [2.75, 3.05) is 44.2 Å². The summed E-state index contributed by atoms with van der Waals surface area (Å²) in [5.74, 6) is 0.811. The summed E-state index contributed by atoms with van der Waals surface area (Å²) in [5.41, 5.74) is 2.11. The minimum Gasteiger partial charge on any atom is -0.494 e. The molecule has 0 unspecified atom stereocenters. The first-order valence-corrected chi connectivity index (χ1v) is 11.8. The molecule has 0 atom stereocenters. The molecule has 0 radical (unpaired) electrons. The smallest absolute Gasteiger partial charge is 0.248 e. The Bertz CT molecular complexity index is 1230. The second-order valence-corrected chi connectivity index (χ2v) is 9.01. The molecule has 5 nitrogen and oxygen atoms in total. The number of nitrogens with zero attached hydrogens (tertiary/aromatic N) is 2. The lowest BCUT2D eigenvalue weighted by atomic mass is 10.2. The zero-order chi connectivity index (χ0) is 21.0. The second-order valence-electron chi connectivity index (χ2n) is 8.07. The number of halogens is 1. The van der Waals surface area contributed by atoms with Gasteiger partial charge in [0.15, 0.2) is 0 Å². The third-order valence-corrected chi connectivity index (χ3v) is 6.90. The van der Waals surface area contributed by atoms with Crippen LogP contribution in [-0.2, 0) is 0 Å². The third kappa shape index (κ3) is 5.09. The number of H-pyrrole nitrogens is 1. The van der Waals surface area contributed by atoms with Crippen molar-refractivity contribution in [3.05, 3.63) is 70.3 Å². The predicted octanol–water partition coefficient (Wildman–Crippen LogP) is 5.15. The van der Waals surface area contributed by atoms with Gasteiger partial charge in [0.1, 0.15) is 5.75 Å². The fourth-order valence-corrected chi connectivity index (χ4v) is 5.12. The molecule has 1 saturated heterocycles. The number of aromatic nitrogens is 1. The fraction of sp³-hybridized carbons (Fsp3) is 0.320. The number of rotatable bonds is 7. The van der Waals surface area contributed by atoms with Gasteiger partial charge >= 0.3 is 0 Å². The number of hydrogen-bond acceptors (Lipinski definition) is 5. The zero-order valence-corrected chi connectivity index (χ0v) is 19.6.